The fourth-order valence-corrected chi connectivity index (χ4v) is 1.90. The van der Waals surface area contributed by atoms with Gasteiger partial charge in [0.1, 0.15) is 5.69 Å². The lowest BCUT2D eigenvalue weighted by molar-refractivity contribution is -0.384. The van der Waals surface area contributed by atoms with Crippen LogP contribution in [0.2, 0.25) is 0 Å². The summed E-state index contributed by atoms with van der Waals surface area (Å²) >= 11 is 0. The molecule has 0 atom stereocenters. The number of carbonyl (C=O) groups excluding carboxylic acids is 1. The van der Waals surface area contributed by atoms with Crippen molar-refractivity contribution in [2.75, 3.05) is 30.3 Å². The lowest BCUT2D eigenvalue weighted by Crippen LogP contribution is -2.25. The number of amides is 1. The molecule has 1 amide bonds. The zero-order valence-electron chi connectivity index (χ0n) is 10.8. The SMILES string of the molecule is NCCCCNc1cc2c(cc1[N+](=O)[O-])OCC(=O)N2. The van der Waals surface area contributed by atoms with Gasteiger partial charge in [-0.2, -0.15) is 0 Å². The van der Waals surface area contributed by atoms with Crippen LogP contribution in [0, 0.1) is 10.1 Å². The van der Waals surface area contributed by atoms with E-state index in [1.165, 1.54) is 12.1 Å². The van der Waals surface area contributed by atoms with Crippen molar-refractivity contribution >= 4 is 23.0 Å². The van der Waals surface area contributed by atoms with Crippen molar-refractivity contribution in [2.45, 2.75) is 12.8 Å². The summed E-state index contributed by atoms with van der Waals surface area (Å²) < 4.78 is 5.16. The highest BCUT2D eigenvalue weighted by atomic mass is 16.6. The molecule has 2 rings (SSSR count). The smallest absolute Gasteiger partial charge is 0.296 e. The number of fused-ring (bicyclic) bond motifs is 1. The lowest BCUT2D eigenvalue weighted by Gasteiger charge is -2.19. The monoisotopic (exact) mass is 280 g/mol. The summed E-state index contributed by atoms with van der Waals surface area (Å²) in [6, 6.07) is 2.84. The topological polar surface area (TPSA) is 120 Å². The molecule has 8 heteroatoms. The molecule has 1 aliphatic rings. The predicted octanol–water partition coefficient (Wildman–Crippen LogP) is 1.08. The van der Waals surface area contributed by atoms with Crippen molar-refractivity contribution in [3.05, 3.63) is 22.2 Å². The molecule has 0 saturated heterocycles. The maximum Gasteiger partial charge on any atom is 0.296 e. The lowest BCUT2D eigenvalue weighted by atomic mass is 10.2. The highest BCUT2D eigenvalue weighted by Crippen LogP contribution is 2.37. The van der Waals surface area contributed by atoms with Gasteiger partial charge in [-0.1, -0.05) is 0 Å². The van der Waals surface area contributed by atoms with Gasteiger partial charge in [0.05, 0.1) is 16.7 Å². The molecule has 8 nitrogen and oxygen atoms in total. The van der Waals surface area contributed by atoms with Gasteiger partial charge in [-0.3, -0.25) is 14.9 Å². The molecule has 0 bridgehead atoms. The second kappa shape index (κ2) is 6.20. The third-order valence-electron chi connectivity index (χ3n) is 2.87. The molecule has 1 heterocycles. The van der Waals surface area contributed by atoms with Crippen LogP contribution in [0.5, 0.6) is 5.75 Å². The van der Waals surface area contributed by atoms with Crippen LogP contribution < -0.4 is 21.1 Å². The molecule has 4 N–H and O–H groups in total. The average Bonchev–Trinajstić information content (AvgIpc) is 2.42. The molecule has 0 aromatic heterocycles. The van der Waals surface area contributed by atoms with Crippen LogP contribution in [-0.2, 0) is 4.79 Å². The molecule has 0 aliphatic carbocycles. The number of hydrogen-bond acceptors (Lipinski definition) is 6. The first-order valence-electron chi connectivity index (χ1n) is 6.31. The van der Waals surface area contributed by atoms with Gasteiger partial charge in [-0.15, -0.1) is 0 Å². The van der Waals surface area contributed by atoms with Gasteiger partial charge in [-0.25, -0.2) is 0 Å². The first kappa shape index (κ1) is 14.1. The number of ether oxygens (including phenoxy) is 1. The standard InChI is InChI=1S/C12H16N4O4/c13-3-1-2-4-14-8-5-9-11(6-10(8)16(18)19)20-7-12(17)15-9/h5-6,14H,1-4,7,13H2,(H,15,17). The zero-order chi connectivity index (χ0) is 14.5. The zero-order valence-corrected chi connectivity index (χ0v) is 10.8. The Morgan fingerprint density at radius 3 is 2.95 bits per heavy atom. The molecule has 20 heavy (non-hydrogen) atoms. The molecule has 0 saturated carbocycles. The van der Waals surface area contributed by atoms with E-state index in [0.717, 1.165) is 12.8 Å². The minimum Gasteiger partial charge on any atom is -0.481 e. The number of anilines is 2. The number of unbranched alkanes of at least 4 members (excludes halogenated alkanes) is 1. The van der Waals surface area contributed by atoms with Gasteiger partial charge in [0.25, 0.3) is 11.6 Å². The van der Waals surface area contributed by atoms with Gasteiger partial charge >= 0.3 is 0 Å². The summed E-state index contributed by atoms with van der Waals surface area (Å²) in [5.74, 6) is 0.0317. The number of nitrogens with zero attached hydrogens (tertiary/aromatic N) is 1. The molecule has 0 fully saturated rings. The van der Waals surface area contributed by atoms with Gasteiger partial charge < -0.3 is 21.1 Å². The Morgan fingerprint density at radius 1 is 1.45 bits per heavy atom. The molecule has 0 unspecified atom stereocenters. The van der Waals surface area contributed by atoms with E-state index in [-0.39, 0.29) is 18.2 Å². The van der Waals surface area contributed by atoms with Crippen molar-refractivity contribution in [3.8, 4) is 5.75 Å². The van der Waals surface area contributed by atoms with E-state index >= 15 is 0 Å². The number of benzene rings is 1. The number of nitrogens with two attached hydrogens (primary N) is 1. The van der Waals surface area contributed by atoms with Gasteiger partial charge in [0, 0.05) is 6.54 Å². The van der Waals surface area contributed by atoms with E-state index in [4.69, 9.17) is 10.5 Å². The van der Waals surface area contributed by atoms with E-state index in [0.29, 0.717) is 30.2 Å². The molecule has 1 aliphatic heterocycles. The number of nitro groups is 1. The Bertz CT molecular complexity index is 532. The normalized spacial score (nSPS) is 13.2. The van der Waals surface area contributed by atoms with E-state index < -0.39 is 4.92 Å². The van der Waals surface area contributed by atoms with Crippen LogP contribution in [0.3, 0.4) is 0 Å². The first-order valence-corrected chi connectivity index (χ1v) is 6.31. The van der Waals surface area contributed by atoms with Crippen molar-refractivity contribution in [1.29, 1.82) is 0 Å². The number of nitro benzene ring substituents is 1. The molecule has 0 spiro atoms. The van der Waals surface area contributed by atoms with Crippen molar-refractivity contribution in [1.82, 2.24) is 0 Å². The van der Waals surface area contributed by atoms with E-state index in [1.54, 1.807) is 0 Å². The Labute approximate surface area is 115 Å². The van der Waals surface area contributed by atoms with Crippen LogP contribution in [0.1, 0.15) is 12.8 Å². The van der Waals surface area contributed by atoms with Crippen LogP contribution in [0.25, 0.3) is 0 Å². The number of hydrogen-bond donors (Lipinski definition) is 3. The van der Waals surface area contributed by atoms with E-state index in [2.05, 4.69) is 10.6 Å². The fourth-order valence-electron chi connectivity index (χ4n) is 1.90. The van der Waals surface area contributed by atoms with E-state index in [9.17, 15) is 14.9 Å². The van der Waals surface area contributed by atoms with E-state index in [1.807, 2.05) is 0 Å². The second-order valence-electron chi connectivity index (χ2n) is 4.38. The second-order valence-corrected chi connectivity index (χ2v) is 4.38. The third kappa shape index (κ3) is 3.15. The average molecular weight is 280 g/mol. The molecular weight excluding hydrogens is 264 g/mol. The largest absolute Gasteiger partial charge is 0.481 e. The quantitative estimate of drug-likeness (QED) is 0.407. The van der Waals surface area contributed by atoms with Crippen LogP contribution >= 0.6 is 0 Å². The highest BCUT2D eigenvalue weighted by Gasteiger charge is 2.23. The maximum atomic E-state index is 11.3. The van der Waals surface area contributed by atoms with Gasteiger partial charge in [0.2, 0.25) is 0 Å². The van der Waals surface area contributed by atoms with Crippen molar-refractivity contribution in [3.63, 3.8) is 0 Å². The summed E-state index contributed by atoms with van der Waals surface area (Å²) in [4.78, 5) is 21.8. The van der Waals surface area contributed by atoms with Gasteiger partial charge in [-0.05, 0) is 25.5 Å². The Morgan fingerprint density at radius 2 is 2.25 bits per heavy atom. The third-order valence-corrected chi connectivity index (χ3v) is 2.87. The fraction of sp³-hybridized carbons (Fsp3) is 0.417. The van der Waals surface area contributed by atoms with Crippen LogP contribution in [0.4, 0.5) is 17.1 Å². The minimum atomic E-state index is -0.481. The van der Waals surface area contributed by atoms with Crippen molar-refractivity contribution in [2.24, 2.45) is 5.73 Å². The Kier molecular flexibility index (Phi) is 4.36. The molecule has 1 aromatic rings. The van der Waals surface area contributed by atoms with Crippen molar-refractivity contribution < 1.29 is 14.5 Å². The summed E-state index contributed by atoms with van der Waals surface area (Å²) in [6.45, 7) is 1.02. The summed E-state index contributed by atoms with van der Waals surface area (Å²) in [5.41, 5.74) is 6.11. The van der Waals surface area contributed by atoms with Crippen LogP contribution in [-0.4, -0.2) is 30.5 Å². The summed E-state index contributed by atoms with van der Waals surface area (Å²) in [6.07, 6.45) is 1.65. The van der Waals surface area contributed by atoms with Crippen LogP contribution in [0.15, 0.2) is 12.1 Å². The number of nitrogens with one attached hydrogen (secondary N) is 2. The minimum absolute atomic E-state index is 0.0763. The molecule has 108 valence electrons. The Hall–Kier alpha value is -2.35. The summed E-state index contributed by atoms with van der Waals surface area (Å²) in [7, 11) is 0. The Balaban J connectivity index is 2.21. The maximum absolute atomic E-state index is 11.3. The van der Waals surface area contributed by atoms with Gasteiger partial charge in [0.15, 0.2) is 12.4 Å². The first-order chi connectivity index (χ1) is 9.61. The molecule has 0 radical (unpaired) electrons. The number of carbonyl (C=O) groups is 1. The molecular formula is C12H16N4O4. The predicted molar refractivity (Wildman–Crippen MR) is 74.0 cm³/mol. The number of rotatable bonds is 6. The highest BCUT2D eigenvalue weighted by molar-refractivity contribution is 5.96. The summed E-state index contributed by atoms with van der Waals surface area (Å²) in [5, 5.41) is 16.7. The molecule has 1 aromatic carbocycles.